The first kappa shape index (κ1) is 11.7. The Morgan fingerprint density at radius 2 is 2.00 bits per heavy atom. The van der Waals surface area contributed by atoms with E-state index in [1.807, 2.05) is 27.7 Å². The number of hydrogen-bond acceptors (Lipinski definition) is 2. The summed E-state index contributed by atoms with van der Waals surface area (Å²) in [4.78, 5) is 0. The van der Waals surface area contributed by atoms with E-state index in [4.69, 9.17) is 4.74 Å². The van der Waals surface area contributed by atoms with Crippen LogP contribution in [0.5, 0.6) is 0 Å². The highest BCUT2D eigenvalue weighted by Crippen LogP contribution is 2.09. The summed E-state index contributed by atoms with van der Waals surface area (Å²) in [6.07, 6.45) is 0.206. The molecule has 1 N–H and O–H groups in total. The van der Waals surface area contributed by atoms with Crippen molar-refractivity contribution in [2.24, 2.45) is 0 Å². The van der Waals surface area contributed by atoms with E-state index in [0.29, 0.717) is 13.0 Å². The molecular formula is C10H20O2. The van der Waals surface area contributed by atoms with Gasteiger partial charge in [0.25, 0.3) is 0 Å². The summed E-state index contributed by atoms with van der Waals surface area (Å²) < 4.78 is 5.40. The molecule has 0 aromatic rings. The van der Waals surface area contributed by atoms with Crippen LogP contribution < -0.4 is 0 Å². The zero-order valence-electron chi connectivity index (χ0n) is 8.55. The molecule has 0 heterocycles. The first-order valence-electron chi connectivity index (χ1n) is 4.27. The zero-order valence-corrected chi connectivity index (χ0v) is 8.55. The first-order valence-corrected chi connectivity index (χ1v) is 4.27. The highest BCUT2D eigenvalue weighted by atomic mass is 16.5. The number of rotatable bonds is 4. The molecule has 0 bridgehead atoms. The van der Waals surface area contributed by atoms with Gasteiger partial charge < -0.3 is 9.84 Å². The minimum absolute atomic E-state index is 0.171. The summed E-state index contributed by atoms with van der Waals surface area (Å²) in [6.45, 7) is 11.9. The number of aliphatic hydroxyl groups excluding tert-OH is 1. The second-order valence-electron chi connectivity index (χ2n) is 4.24. The van der Waals surface area contributed by atoms with Gasteiger partial charge in [0, 0.05) is 0 Å². The molecule has 1 atom stereocenters. The fourth-order valence-corrected chi connectivity index (χ4v) is 0.807. The van der Waals surface area contributed by atoms with E-state index in [9.17, 15) is 5.11 Å². The van der Waals surface area contributed by atoms with Gasteiger partial charge in [-0.1, -0.05) is 5.57 Å². The van der Waals surface area contributed by atoms with Crippen LogP contribution in [0.4, 0.5) is 0 Å². The highest BCUT2D eigenvalue weighted by Gasteiger charge is 2.13. The molecule has 72 valence electrons. The third kappa shape index (κ3) is 7.76. The van der Waals surface area contributed by atoms with Gasteiger partial charge in [-0.2, -0.15) is 0 Å². The predicted octanol–water partition coefficient (Wildman–Crippen LogP) is 2.13. The third-order valence-electron chi connectivity index (χ3n) is 1.29. The quantitative estimate of drug-likeness (QED) is 0.658. The van der Waals surface area contributed by atoms with Gasteiger partial charge in [0.1, 0.15) is 0 Å². The van der Waals surface area contributed by atoms with Crippen molar-refractivity contribution in [2.45, 2.75) is 45.8 Å². The normalized spacial score (nSPS) is 14.4. The summed E-state index contributed by atoms with van der Waals surface area (Å²) in [5.74, 6) is 0. The topological polar surface area (TPSA) is 29.5 Å². The van der Waals surface area contributed by atoms with Crippen molar-refractivity contribution >= 4 is 0 Å². The Hall–Kier alpha value is -0.340. The lowest BCUT2D eigenvalue weighted by atomic mass is 10.1. The van der Waals surface area contributed by atoms with E-state index in [0.717, 1.165) is 5.57 Å². The van der Waals surface area contributed by atoms with Crippen LogP contribution in [0.25, 0.3) is 0 Å². The van der Waals surface area contributed by atoms with E-state index >= 15 is 0 Å². The molecule has 0 saturated heterocycles. The van der Waals surface area contributed by atoms with Gasteiger partial charge in [-0.05, 0) is 34.1 Å². The van der Waals surface area contributed by atoms with Crippen LogP contribution in [0.2, 0.25) is 0 Å². The van der Waals surface area contributed by atoms with E-state index in [-0.39, 0.29) is 5.60 Å². The second-order valence-corrected chi connectivity index (χ2v) is 4.24. The van der Waals surface area contributed by atoms with Crippen molar-refractivity contribution in [3.05, 3.63) is 12.2 Å². The fraction of sp³-hybridized carbons (Fsp3) is 0.800. The molecule has 0 fully saturated rings. The minimum Gasteiger partial charge on any atom is -0.390 e. The van der Waals surface area contributed by atoms with Crippen molar-refractivity contribution in [3.8, 4) is 0 Å². The van der Waals surface area contributed by atoms with Crippen LogP contribution in [0.1, 0.15) is 34.1 Å². The fourth-order valence-electron chi connectivity index (χ4n) is 0.807. The van der Waals surface area contributed by atoms with E-state index in [1.165, 1.54) is 0 Å². The van der Waals surface area contributed by atoms with Gasteiger partial charge in [0.2, 0.25) is 0 Å². The van der Waals surface area contributed by atoms with E-state index < -0.39 is 6.10 Å². The lowest BCUT2D eigenvalue weighted by Crippen LogP contribution is -2.26. The Kier molecular flexibility index (Phi) is 4.50. The summed E-state index contributed by atoms with van der Waals surface area (Å²) in [5, 5.41) is 9.40. The maximum Gasteiger partial charge on any atom is 0.0810 e. The maximum absolute atomic E-state index is 9.40. The molecule has 0 saturated carbocycles. The molecular weight excluding hydrogens is 152 g/mol. The lowest BCUT2D eigenvalue weighted by Gasteiger charge is -2.21. The molecule has 0 aromatic carbocycles. The Bertz CT molecular complexity index is 144. The average Bonchev–Trinajstić information content (AvgIpc) is 1.80. The van der Waals surface area contributed by atoms with Crippen LogP contribution in [0, 0.1) is 0 Å². The Morgan fingerprint density at radius 3 is 2.33 bits per heavy atom. The van der Waals surface area contributed by atoms with Crippen LogP contribution in [-0.4, -0.2) is 23.4 Å². The van der Waals surface area contributed by atoms with Gasteiger partial charge >= 0.3 is 0 Å². The summed E-state index contributed by atoms with van der Waals surface area (Å²) in [7, 11) is 0. The molecule has 0 amide bonds. The lowest BCUT2D eigenvalue weighted by molar-refractivity contribution is -0.0481. The molecule has 12 heavy (non-hydrogen) atoms. The van der Waals surface area contributed by atoms with Crippen molar-refractivity contribution in [2.75, 3.05) is 6.61 Å². The number of aliphatic hydroxyl groups is 1. The van der Waals surface area contributed by atoms with E-state index in [1.54, 1.807) is 0 Å². The smallest absolute Gasteiger partial charge is 0.0810 e. The summed E-state index contributed by atoms with van der Waals surface area (Å²) >= 11 is 0. The molecule has 1 unspecified atom stereocenters. The van der Waals surface area contributed by atoms with E-state index in [2.05, 4.69) is 6.58 Å². The SMILES string of the molecule is C=C(C)CC(O)COC(C)(C)C. The van der Waals surface area contributed by atoms with Crippen molar-refractivity contribution in [3.63, 3.8) is 0 Å². The molecule has 0 aliphatic carbocycles. The highest BCUT2D eigenvalue weighted by molar-refractivity contribution is 4.90. The molecule has 0 aliphatic heterocycles. The molecule has 2 nitrogen and oxygen atoms in total. The third-order valence-corrected chi connectivity index (χ3v) is 1.29. The molecule has 0 aromatic heterocycles. The van der Waals surface area contributed by atoms with Crippen LogP contribution >= 0.6 is 0 Å². The minimum atomic E-state index is -0.415. The summed E-state index contributed by atoms with van der Waals surface area (Å²) in [5.41, 5.74) is 0.816. The number of ether oxygens (including phenoxy) is 1. The Morgan fingerprint density at radius 1 is 1.50 bits per heavy atom. The van der Waals surface area contributed by atoms with Gasteiger partial charge in [-0.25, -0.2) is 0 Å². The predicted molar refractivity (Wildman–Crippen MR) is 51.1 cm³/mol. The molecule has 0 aliphatic rings. The van der Waals surface area contributed by atoms with Crippen LogP contribution in [-0.2, 0) is 4.74 Å². The maximum atomic E-state index is 9.40. The van der Waals surface area contributed by atoms with Crippen molar-refractivity contribution in [1.82, 2.24) is 0 Å². The van der Waals surface area contributed by atoms with Gasteiger partial charge in [-0.15, -0.1) is 6.58 Å². The standard InChI is InChI=1S/C10H20O2/c1-8(2)6-9(11)7-12-10(3,4)5/h9,11H,1,6-7H2,2-5H3. The van der Waals surface area contributed by atoms with Gasteiger partial charge in [0.15, 0.2) is 0 Å². The Balaban J connectivity index is 3.57. The molecule has 0 rings (SSSR count). The van der Waals surface area contributed by atoms with Crippen molar-refractivity contribution < 1.29 is 9.84 Å². The monoisotopic (exact) mass is 172 g/mol. The Labute approximate surface area is 75.2 Å². The van der Waals surface area contributed by atoms with Gasteiger partial charge in [-0.3, -0.25) is 0 Å². The van der Waals surface area contributed by atoms with Crippen LogP contribution in [0.3, 0.4) is 0 Å². The van der Waals surface area contributed by atoms with Crippen molar-refractivity contribution in [1.29, 1.82) is 0 Å². The second kappa shape index (κ2) is 4.63. The average molecular weight is 172 g/mol. The van der Waals surface area contributed by atoms with Crippen LogP contribution in [0.15, 0.2) is 12.2 Å². The molecule has 0 radical (unpaired) electrons. The first-order chi connectivity index (χ1) is 5.31. The molecule has 0 spiro atoms. The largest absolute Gasteiger partial charge is 0.390 e. The zero-order chi connectivity index (χ0) is 9.78. The van der Waals surface area contributed by atoms with Gasteiger partial charge in [0.05, 0.1) is 18.3 Å². The summed E-state index contributed by atoms with van der Waals surface area (Å²) in [6, 6.07) is 0. The molecule has 2 heteroatoms. The number of hydrogen-bond donors (Lipinski definition) is 1.